The van der Waals surface area contributed by atoms with Gasteiger partial charge in [0.05, 0.1) is 18.8 Å². The number of halogens is 1. The van der Waals surface area contributed by atoms with Gasteiger partial charge in [0, 0.05) is 25.1 Å². The van der Waals surface area contributed by atoms with Crippen LogP contribution in [0, 0.1) is 5.82 Å². The van der Waals surface area contributed by atoms with Crippen molar-refractivity contribution in [3.63, 3.8) is 0 Å². The lowest BCUT2D eigenvalue weighted by Gasteiger charge is -2.38. The first-order valence-electron chi connectivity index (χ1n) is 8.20. The minimum absolute atomic E-state index is 0.0332. The number of carbonyl (C=O) groups is 1. The predicted octanol–water partition coefficient (Wildman–Crippen LogP) is 1.46. The standard InChI is InChI=1S/C17H17FN4O3/c18-11-2-1-5-21-16(11)25-14-4-3-13-15(14)24-9-8-22(13)17(23)12-10-19-6-7-20-12/h1-2,5-7,10,13-15H,3-4,8-9H2/t13-,14-,15+/m1/s1. The van der Waals surface area contributed by atoms with Crippen molar-refractivity contribution in [3.8, 4) is 5.88 Å². The highest BCUT2D eigenvalue weighted by Crippen LogP contribution is 2.33. The molecule has 1 amide bonds. The lowest BCUT2D eigenvalue weighted by molar-refractivity contribution is -0.0800. The monoisotopic (exact) mass is 344 g/mol. The molecule has 1 aliphatic carbocycles. The third kappa shape index (κ3) is 3.05. The van der Waals surface area contributed by atoms with Crippen LogP contribution in [0.2, 0.25) is 0 Å². The van der Waals surface area contributed by atoms with Gasteiger partial charge in [0.25, 0.3) is 11.8 Å². The summed E-state index contributed by atoms with van der Waals surface area (Å²) in [4.78, 5) is 26.4. The molecule has 0 unspecified atom stereocenters. The Morgan fingerprint density at radius 1 is 1.28 bits per heavy atom. The van der Waals surface area contributed by atoms with E-state index in [4.69, 9.17) is 9.47 Å². The molecule has 1 aliphatic heterocycles. The fourth-order valence-electron chi connectivity index (χ4n) is 3.45. The normalized spacial score (nSPS) is 25.5. The molecular weight excluding hydrogens is 327 g/mol. The van der Waals surface area contributed by atoms with E-state index in [0.717, 1.165) is 6.42 Å². The summed E-state index contributed by atoms with van der Waals surface area (Å²) >= 11 is 0. The summed E-state index contributed by atoms with van der Waals surface area (Å²) in [7, 11) is 0. The number of fused-ring (bicyclic) bond motifs is 1. The Morgan fingerprint density at radius 2 is 2.20 bits per heavy atom. The first-order chi connectivity index (χ1) is 12.2. The van der Waals surface area contributed by atoms with Crippen molar-refractivity contribution in [1.29, 1.82) is 0 Å². The maximum Gasteiger partial charge on any atom is 0.274 e. The Bertz CT molecular complexity index is 761. The molecule has 2 aromatic rings. The van der Waals surface area contributed by atoms with Crippen molar-refractivity contribution in [2.75, 3.05) is 13.2 Å². The van der Waals surface area contributed by atoms with Crippen molar-refractivity contribution in [1.82, 2.24) is 19.9 Å². The van der Waals surface area contributed by atoms with Gasteiger partial charge in [-0.15, -0.1) is 0 Å². The molecule has 0 aromatic carbocycles. The Balaban J connectivity index is 1.51. The summed E-state index contributed by atoms with van der Waals surface area (Å²) in [6.07, 6.45) is 6.69. The molecule has 25 heavy (non-hydrogen) atoms. The topological polar surface area (TPSA) is 77.4 Å². The quantitative estimate of drug-likeness (QED) is 0.839. The summed E-state index contributed by atoms with van der Waals surface area (Å²) in [5.74, 6) is -0.709. The molecule has 130 valence electrons. The van der Waals surface area contributed by atoms with E-state index in [9.17, 15) is 9.18 Å². The fraction of sp³-hybridized carbons (Fsp3) is 0.412. The van der Waals surface area contributed by atoms with Gasteiger partial charge in [-0.3, -0.25) is 9.78 Å². The summed E-state index contributed by atoms with van der Waals surface area (Å²) in [5, 5.41) is 0. The second-order valence-electron chi connectivity index (χ2n) is 6.02. The van der Waals surface area contributed by atoms with Gasteiger partial charge in [-0.1, -0.05) is 0 Å². The minimum atomic E-state index is -0.505. The van der Waals surface area contributed by atoms with E-state index in [2.05, 4.69) is 15.0 Å². The molecule has 2 aliphatic rings. The van der Waals surface area contributed by atoms with E-state index in [0.29, 0.717) is 25.3 Å². The molecule has 1 saturated carbocycles. The Kier molecular flexibility index (Phi) is 4.27. The zero-order chi connectivity index (χ0) is 17.2. The number of ether oxygens (including phenoxy) is 2. The van der Waals surface area contributed by atoms with Crippen LogP contribution in [0.15, 0.2) is 36.9 Å². The summed E-state index contributed by atoms with van der Waals surface area (Å²) < 4.78 is 25.4. The Labute approximate surface area is 143 Å². The second kappa shape index (κ2) is 6.72. The summed E-state index contributed by atoms with van der Waals surface area (Å²) in [5.41, 5.74) is 0.309. The van der Waals surface area contributed by atoms with Gasteiger partial charge in [0.2, 0.25) is 0 Å². The van der Waals surface area contributed by atoms with Gasteiger partial charge in [0.1, 0.15) is 17.9 Å². The SMILES string of the molecule is O=C(c1cnccn1)N1CCO[C@H]2[C@H]1CC[C@H]2Oc1ncccc1F. The molecule has 0 bridgehead atoms. The van der Waals surface area contributed by atoms with Crippen LogP contribution in [-0.2, 0) is 4.74 Å². The van der Waals surface area contributed by atoms with Gasteiger partial charge in [0.15, 0.2) is 5.82 Å². The van der Waals surface area contributed by atoms with Crippen LogP contribution in [0.4, 0.5) is 4.39 Å². The molecule has 7 nitrogen and oxygen atoms in total. The highest BCUT2D eigenvalue weighted by molar-refractivity contribution is 5.92. The van der Waals surface area contributed by atoms with Crippen molar-refractivity contribution < 1.29 is 18.7 Å². The van der Waals surface area contributed by atoms with Crippen LogP contribution >= 0.6 is 0 Å². The van der Waals surface area contributed by atoms with E-state index in [1.165, 1.54) is 36.9 Å². The van der Waals surface area contributed by atoms with Gasteiger partial charge in [-0.25, -0.2) is 14.4 Å². The zero-order valence-electron chi connectivity index (χ0n) is 13.4. The lowest BCUT2D eigenvalue weighted by atomic mass is 10.1. The van der Waals surface area contributed by atoms with Crippen molar-refractivity contribution >= 4 is 5.91 Å². The highest BCUT2D eigenvalue weighted by Gasteiger charge is 2.46. The third-order valence-corrected chi connectivity index (χ3v) is 4.57. The number of carbonyl (C=O) groups excluding carboxylic acids is 1. The van der Waals surface area contributed by atoms with Gasteiger partial charge in [-0.2, -0.15) is 0 Å². The van der Waals surface area contributed by atoms with Crippen LogP contribution in [0.5, 0.6) is 5.88 Å². The van der Waals surface area contributed by atoms with Gasteiger partial charge in [-0.05, 0) is 25.0 Å². The third-order valence-electron chi connectivity index (χ3n) is 4.57. The average Bonchev–Trinajstić information content (AvgIpc) is 3.07. The average molecular weight is 344 g/mol. The van der Waals surface area contributed by atoms with Crippen LogP contribution in [-0.4, -0.2) is 57.2 Å². The second-order valence-corrected chi connectivity index (χ2v) is 6.02. The maximum atomic E-state index is 13.8. The molecule has 1 saturated heterocycles. The van der Waals surface area contributed by atoms with Crippen LogP contribution < -0.4 is 4.74 Å². The van der Waals surface area contributed by atoms with E-state index in [-0.39, 0.29) is 30.0 Å². The minimum Gasteiger partial charge on any atom is -0.469 e. The Morgan fingerprint density at radius 3 is 3.00 bits per heavy atom. The number of nitrogens with zero attached hydrogens (tertiary/aromatic N) is 4. The molecule has 3 atom stereocenters. The number of hydrogen-bond acceptors (Lipinski definition) is 6. The van der Waals surface area contributed by atoms with E-state index < -0.39 is 5.82 Å². The van der Waals surface area contributed by atoms with E-state index >= 15 is 0 Å². The summed E-state index contributed by atoms with van der Waals surface area (Å²) in [6, 6.07) is 2.69. The number of rotatable bonds is 3. The molecule has 2 aromatic heterocycles. The van der Waals surface area contributed by atoms with Crippen LogP contribution in [0.3, 0.4) is 0 Å². The van der Waals surface area contributed by atoms with Crippen LogP contribution in [0.1, 0.15) is 23.3 Å². The number of aromatic nitrogens is 3. The first-order valence-corrected chi connectivity index (χ1v) is 8.20. The molecule has 4 rings (SSSR count). The molecule has 0 spiro atoms. The molecule has 3 heterocycles. The number of hydrogen-bond donors (Lipinski definition) is 0. The Hall–Kier alpha value is -2.61. The smallest absolute Gasteiger partial charge is 0.274 e. The molecular formula is C17H17FN4O3. The lowest BCUT2D eigenvalue weighted by Crippen LogP contribution is -2.54. The summed E-state index contributed by atoms with van der Waals surface area (Å²) in [6.45, 7) is 0.888. The van der Waals surface area contributed by atoms with E-state index in [1.807, 2.05) is 0 Å². The number of morpholine rings is 1. The van der Waals surface area contributed by atoms with Crippen LogP contribution in [0.25, 0.3) is 0 Å². The van der Waals surface area contributed by atoms with Gasteiger partial charge >= 0.3 is 0 Å². The maximum absolute atomic E-state index is 13.8. The number of amides is 1. The zero-order valence-corrected chi connectivity index (χ0v) is 13.4. The fourth-order valence-corrected chi connectivity index (χ4v) is 3.45. The van der Waals surface area contributed by atoms with Crippen molar-refractivity contribution in [2.45, 2.75) is 31.1 Å². The first kappa shape index (κ1) is 15.9. The largest absolute Gasteiger partial charge is 0.469 e. The van der Waals surface area contributed by atoms with E-state index in [1.54, 1.807) is 4.90 Å². The molecule has 0 radical (unpaired) electrons. The molecule has 0 N–H and O–H groups in total. The number of pyridine rings is 1. The van der Waals surface area contributed by atoms with Crippen molar-refractivity contribution in [2.24, 2.45) is 0 Å². The highest BCUT2D eigenvalue weighted by atomic mass is 19.1. The predicted molar refractivity (Wildman–Crippen MR) is 84.4 cm³/mol. The van der Waals surface area contributed by atoms with Crippen molar-refractivity contribution in [3.05, 3.63) is 48.4 Å². The van der Waals surface area contributed by atoms with Gasteiger partial charge < -0.3 is 14.4 Å². The molecule has 8 heteroatoms. The molecule has 2 fully saturated rings.